The first-order valence-corrected chi connectivity index (χ1v) is 12.2. The Morgan fingerprint density at radius 1 is 1.14 bits per heavy atom. The van der Waals surface area contributed by atoms with E-state index in [2.05, 4.69) is 37.7 Å². The fourth-order valence-electron chi connectivity index (χ4n) is 5.87. The number of fused-ring (bicyclic) bond motifs is 1. The van der Waals surface area contributed by atoms with Gasteiger partial charge in [-0.2, -0.15) is 11.3 Å². The van der Waals surface area contributed by atoms with Crippen LogP contribution < -0.4 is 0 Å². The zero-order valence-corrected chi connectivity index (χ0v) is 17.9. The number of carbonyl (C=O) groups excluding carboxylic acids is 1. The molecule has 5 heteroatoms. The number of aromatic nitrogens is 1. The lowest BCUT2D eigenvalue weighted by Crippen LogP contribution is -2.49. The Morgan fingerprint density at radius 3 is 2.79 bits per heavy atom. The number of nitrogens with zero attached hydrogens (tertiary/aromatic N) is 3. The lowest BCUT2D eigenvalue weighted by molar-refractivity contribution is -0.138. The summed E-state index contributed by atoms with van der Waals surface area (Å²) in [7, 11) is 0. The van der Waals surface area contributed by atoms with Crippen LogP contribution in [0.5, 0.6) is 0 Å². The molecule has 0 N–H and O–H groups in total. The molecule has 3 aliphatic rings. The number of thiophene rings is 1. The van der Waals surface area contributed by atoms with Gasteiger partial charge < -0.3 is 4.90 Å². The second-order valence-corrected chi connectivity index (χ2v) is 9.89. The van der Waals surface area contributed by atoms with Crippen LogP contribution in [0.15, 0.2) is 41.4 Å². The van der Waals surface area contributed by atoms with Crippen LogP contribution in [0.1, 0.15) is 55.6 Å². The summed E-state index contributed by atoms with van der Waals surface area (Å²) < 4.78 is 0. The second-order valence-electron chi connectivity index (χ2n) is 9.10. The van der Waals surface area contributed by atoms with E-state index in [0.717, 1.165) is 45.4 Å². The molecule has 1 aliphatic carbocycles. The third-order valence-corrected chi connectivity index (χ3v) is 8.05. The van der Waals surface area contributed by atoms with E-state index < -0.39 is 0 Å². The minimum absolute atomic E-state index is 0.277. The van der Waals surface area contributed by atoms with Gasteiger partial charge in [-0.05, 0) is 53.3 Å². The van der Waals surface area contributed by atoms with Crippen molar-refractivity contribution in [2.75, 3.05) is 19.6 Å². The molecule has 0 bridgehead atoms. The lowest BCUT2D eigenvalue weighted by atomic mass is 9.82. The third-order valence-electron chi connectivity index (χ3n) is 7.35. The smallest absolute Gasteiger partial charge is 0.225 e. The van der Waals surface area contributed by atoms with Crippen molar-refractivity contribution in [1.82, 2.24) is 14.8 Å². The molecule has 154 valence electrons. The predicted octanol–water partition coefficient (Wildman–Crippen LogP) is 4.54. The molecule has 2 aromatic heterocycles. The van der Waals surface area contributed by atoms with Crippen LogP contribution in [0.2, 0.25) is 0 Å². The van der Waals surface area contributed by atoms with Gasteiger partial charge in [-0.1, -0.05) is 25.3 Å². The van der Waals surface area contributed by atoms with E-state index in [1.165, 1.54) is 30.4 Å². The van der Waals surface area contributed by atoms with Crippen molar-refractivity contribution >= 4 is 17.2 Å². The maximum atomic E-state index is 13.4. The standard InChI is InChI=1S/C24H31N3OS/c28-24(19-6-2-1-3-7-19)27-16-21(20-9-12-29-17-20)22-15-26(11-8-23(22)27)14-18-5-4-10-25-13-18/h4-5,9-10,12-13,17,19,21-23H,1-3,6-8,11,14-16H2/t21-,22-,23-/m1/s1. The monoisotopic (exact) mass is 409 g/mol. The zero-order valence-electron chi connectivity index (χ0n) is 17.1. The summed E-state index contributed by atoms with van der Waals surface area (Å²) in [4.78, 5) is 22.6. The molecule has 1 amide bonds. The van der Waals surface area contributed by atoms with Crippen LogP contribution >= 0.6 is 11.3 Å². The summed E-state index contributed by atoms with van der Waals surface area (Å²) in [5.41, 5.74) is 2.72. The zero-order chi connectivity index (χ0) is 19.6. The molecule has 3 fully saturated rings. The minimum atomic E-state index is 0.277. The molecular weight excluding hydrogens is 378 g/mol. The number of piperidine rings is 1. The first kappa shape index (κ1) is 19.3. The third kappa shape index (κ3) is 3.99. The highest BCUT2D eigenvalue weighted by Crippen LogP contribution is 2.43. The van der Waals surface area contributed by atoms with Crippen molar-refractivity contribution in [2.45, 2.75) is 57.0 Å². The number of likely N-dealkylation sites (tertiary alicyclic amines) is 2. The molecule has 29 heavy (non-hydrogen) atoms. The largest absolute Gasteiger partial charge is 0.338 e. The van der Waals surface area contributed by atoms with Crippen molar-refractivity contribution in [3.05, 3.63) is 52.5 Å². The van der Waals surface area contributed by atoms with Crippen LogP contribution in [0.4, 0.5) is 0 Å². The maximum absolute atomic E-state index is 13.4. The Morgan fingerprint density at radius 2 is 2.03 bits per heavy atom. The van der Waals surface area contributed by atoms with E-state index in [4.69, 9.17) is 0 Å². The fraction of sp³-hybridized carbons (Fsp3) is 0.583. The van der Waals surface area contributed by atoms with Crippen molar-refractivity contribution < 1.29 is 4.79 Å². The van der Waals surface area contributed by atoms with Gasteiger partial charge in [0, 0.05) is 62.4 Å². The maximum Gasteiger partial charge on any atom is 0.225 e. The van der Waals surface area contributed by atoms with Crippen molar-refractivity contribution in [3.63, 3.8) is 0 Å². The molecular formula is C24H31N3OS. The average Bonchev–Trinajstić information content (AvgIpc) is 3.42. The van der Waals surface area contributed by atoms with E-state index >= 15 is 0 Å². The van der Waals surface area contributed by atoms with Crippen molar-refractivity contribution in [3.8, 4) is 0 Å². The SMILES string of the molecule is O=C(C1CCCCC1)N1C[C@H](c2ccsc2)[C@H]2CN(Cc3cccnc3)CC[C@H]21. The van der Waals surface area contributed by atoms with E-state index in [9.17, 15) is 4.79 Å². The van der Waals surface area contributed by atoms with E-state index in [0.29, 0.717) is 23.8 Å². The minimum Gasteiger partial charge on any atom is -0.338 e. The number of rotatable bonds is 4. The van der Waals surface area contributed by atoms with E-state index in [1.54, 1.807) is 11.3 Å². The van der Waals surface area contributed by atoms with Crippen LogP contribution in [-0.2, 0) is 11.3 Å². The molecule has 0 unspecified atom stereocenters. The Hall–Kier alpha value is -1.72. The van der Waals surface area contributed by atoms with Gasteiger partial charge in [-0.25, -0.2) is 0 Å². The highest BCUT2D eigenvalue weighted by molar-refractivity contribution is 7.08. The molecule has 0 spiro atoms. The summed E-state index contributed by atoms with van der Waals surface area (Å²) in [6.45, 7) is 4.03. The Labute approximate surface area is 177 Å². The molecule has 3 atom stereocenters. The predicted molar refractivity (Wildman–Crippen MR) is 117 cm³/mol. The van der Waals surface area contributed by atoms with Crippen LogP contribution in [0, 0.1) is 11.8 Å². The number of hydrogen-bond acceptors (Lipinski definition) is 4. The quantitative estimate of drug-likeness (QED) is 0.744. The molecule has 2 aliphatic heterocycles. The number of carbonyl (C=O) groups is 1. The summed E-state index contributed by atoms with van der Waals surface area (Å²) >= 11 is 1.78. The molecule has 2 saturated heterocycles. The molecule has 0 aromatic carbocycles. The van der Waals surface area contributed by atoms with Crippen LogP contribution in [-0.4, -0.2) is 46.4 Å². The van der Waals surface area contributed by atoms with Crippen molar-refractivity contribution in [2.24, 2.45) is 11.8 Å². The first-order chi connectivity index (χ1) is 14.3. The summed E-state index contributed by atoms with van der Waals surface area (Å²) in [5.74, 6) is 1.76. The molecule has 0 radical (unpaired) electrons. The van der Waals surface area contributed by atoms with Crippen LogP contribution in [0.25, 0.3) is 0 Å². The average molecular weight is 410 g/mol. The molecule has 4 heterocycles. The summed E-state index contributed by atoms with van der Waals surface area (Å²) in [6.07, 6.45) is 10.9. The summed E-state index contributed by atoms with van der Waals surface area (Å²) in [5, 5.41) is 4.49. The fourth-order valence-corrected chi connectivity index (χ4v) is 6.60. The number of pyridine rings is 1. The molecule has 2 aromatic rings. The Balaban J connectivity index is 1.34. The molecule has 1 saturated carbocycles. The van der Waals surface area contributed by atoms with Gasteiger partial charge in [0.2, 0.25) is 5.91 Å². The number of amides is 1. The Bertz CT molecular complexity index is 803. The molecule has 5 rings (SSSR count). The number of hydrogen-bond donors (Lipinski definition) is 0. The highest BCUT2D eigenvalue weighted by atomic mass is 32.1. The lowest BCUT2D eigenvalue weighted by Gasteiger charge is -2.40. The van der Waals surface area contributed by atoms with Gasteiger partial charge in [-0.15, -0.1) is 0 Å². The van der Waals surface area contributed by atoms with Gasteiger partial charge in [0.05, 0.1) is 0 Å². The van der Waals surface area contributed by atoms with Gasteiger partial charge in [0.25, 0.3) is 0 Å². The normalized spacial score (nSPS) is 28.4. The van der Waals surface area contributed by atoms with E-state index in [1.807, 2.05) is 18.5 Å². The summed E-state index contributed by atoms with van der Waals surface area (Å²) in [6, 6.07) is 6.89. The topological polar surface area (TPSA) is 36.4 Å². The highest BCUT2D eigenvalue weighted by Gasteiger charge is 2.48. The van der Waals surface area contributed by atoms with E-state index in [-0.39, 0.29) is 5.92 Å². The Kier molecular flexibility index (Phi) is 5.69. The van der Waals surface area contributed by atoms with Gasteiger partial charge in [0.1, 0.15) is 0 Å². The van der Waals surface area contributed by atoms with Crippen molar-refractivity contribution in [1.29, 1.82) is 0 Å². The molecule has 4 nitrogen and oxygen atoms in total. The second kappa shape index (κ2) is 8.57. The van der Waals surface area contributed by atoms with Gasteiger partial charge in [-0.3, -0.25) is 14.7 Å². The van der Waals surface area contributed by atoms with Gasteiger partial charge >= 0.3 is 0 Å². The van der Waals surface area contributed by atoms with Crippen LogP contribution in [0.3, 0.4) is 0 Å². The first-order valence-electron chi connectivity index (χ1n) is 11.2. The van der Waals surface area contributed by atoms with Gasteiger partial charge in [0.15, 0.2) is 0 Å².